The molecule has 0 saturated carbocycles. The first-order valence-electron chi connectivity index (χ1n) is 6.10. The van der Waals surface area contributed by atoms with Crippen LogP contribution in [0.3, 0.4) is 0 Å². The SMILES string of the molecule is COC(=O)c1sc2ccccc2c1NC(=O)n1ccnc1. The number of hydrogen-bond donors (Lipinski definition) is 1. The summed E-state index contributed by atoms with van der Waals surface area (Å²) in [6, 6.07) is 7.08. The van der Waals surface area contributed by atoms with Gasteiger partial charge in [-0.25, -0.2) is 14.6 Å². The number of thiophene rings is 1. The minimum atomic E-state index is -0.475. The highest BCUT2D eigenvalue weighted by Gasteiger charge is 2.20. The van der Waals surface area contributed by atoms with E-state index in [-0.39, 0.29) is 6.03 Å². The molecule has 0 bridgehead atoms. The number of nitrogens with zero attached hydrogens (tertiary/aromatic N) is 2. The van der Waals surface area contributed by atoms with Crippen LogP contribution in [0.15, 0.2) is 43.0 Å². The number of carbonyl (C=O) groups excluding carboxylic acids is 2. The Labute approximate surface area is 124 Å². The normalized spacial score (nSPS) is 10.5. The van der Waals surface area contributed by atoms with Crippen molar-refractivity contribution in [1.82, 2.24) is 9.55 Å². The number of carbonyl (C=O) groups is 2. The molecule has 0 spiro atoms. The van der Waals surface area contributed by atoms with Gasteiger partial charge in [-0.05, 0) is 6.07 Å². The maximum atomic E-state index is 12.1. The van der Waals surface area contributed by atoms with Crippen molar-refractivity contribution in [2.45, 2.75) is 0 Å². The first-order chi connectivity index (χ1) is 10.2. The zero-order valence-corrected chi connectivity index (χ0v) is 11.9. The molecule has 0 fully saturated rings. The first-order valence-corrected chi connectivity index (χ1v) is 6.91. The number of methoxy groups -OCH3 is 1. The van der Waals surface area contributed by atoms with Crippen LogP contribution in [0.5, 0.6) is 0 Å². The van der Waals surface area contributed by atoms with Crippen molar-refractivity contribution in [1.29, 1.82) is 0 Å². The average molecular weight is 301 g/mol. The molecule has 1 N–H and O–H groups in total. The number of aromatic nitrogens is 2. The Morgan fingerprint density at radius 2 is 2.14 bits per heavy atom. The predicted octanol–water partition coefficient (Wildman–Crippen LogP) is 2.96. The van der Waals surface area contributed by atoms with E-state index < -0.39 is 5.97 Å². The van der Waals surface area contributed by atoms with Gasteiger partial charge in [-0.15, -0.1) is 11.3 Å². The van der Waals surface area contributed by atoms with Gasteiger partial charge in [0.1, 0.15) is 11.2 Å². The van der Waals surface area contributed by atoms with Crippen LogP contribution in [-0.4, -0.2) is 28.7 Å². The van der Waals surface area contributed by atoms with E-state index in [0.717, 1.165) is 10.1 Å². The van der Waals surface area contributed by atoms with Gasteiger partial charge in [-0.3, -0.25) is 4.57 Å². The van der Waals surface area contributed by atoms with Crippen molar-refractivity contribution in [3.05, 3.63) is 47.9 Å². The minimum Gasteiger partial charge on any atom is -0.465 e. The zero-order chi connectivity index (χ0) is 14.8. The van der Waals surface area contributed by atoms with Crippen molar-refractivity contribution >= 4 is 39.1 Å². The van der Waals surface area contributed by atoms with Gasteiger partial charge < -0.3 is 10.1 Å². The number of benzene rings is 1. The van der Waals surface area contributed by atoms with Crippen LogP contribution < -0.4 is 5.32 Å². The molecule has 0 aliphatic rings. The summed E-state index contributed by atoms with van der Waals surface area (Å²) in [5, 5.41) is 3.55. The summed E-state index contributed by atoms with van der Waals surface area (Å²) < 4.78 is 6.98. The second kappa shape index (κ2) is 5.37. The molecule has 0 aliphatic heterocycles. The molecule has 0 unspecified atom stereocenters. The first kappa shape index (κ1) is 13.3. The second-order valence-electron chi connectivity index (χ2n) is 4.19. The molecule has 7 heteroatoms. The van der Waals surface area contributed by atoms with E-state index in [0.29, 0.717) is 10.6 Å². The van der Waals surface area contributed by atoms with Crippen molar-refractivity contribution < 1.29 is 14.3 Å². The second-order valence-corrected chi connectivity index (χ2v) is 5.25. The van der Waals surface area contributed by atoms with E-state index in [9.17, 15) is 9.59 Å². The number of imidazole rings is 1. The molecule has 2 aromatic heterocycles. The van der Waals surface area contributed by atoms with Crippen LogP contribution in [0.1, 0.15) is 9.67 Å². The molecule has 0 aliphatic carbocycles. The zero-order valence-electron chi connectivity index (χ0n) is 11.1. The summed E-state index contributed by atoms with van der Waals surface area (Å²) in [4.78, 5) is 28.2. The monoisotopic (exact) mass is 301 g/mol. The van der Waals surface area contributed by atoms with Gasteiger partial charge >= 0.3 is 12.0 Å². The number of rotatable bonds is 2. The lowest BCUT2D eigenvalue weighted by Crippen LogP contribution is -2.19. The fourth-order valence-corrected chi connectivity index (χ4v) is 3.03. The predicted molar refractivity (Wildman–Crippen MR) is 79.8 cm³/mol. The average Bonchev–Trinajstić information content (AvgIpc) is 3.15. The topological polar surface area (TPSA) is 73.2 Å². The minimum absolute atomic E-state index is 0.368. The lowest BCUT2D eigenvalue weighted by atomic mass is 10.2. The third-order valence-electron chi connectivity index (χ3n) is 2.94. The van der Waals surface area contributed by atoms with Crippen LogP contribution >= 0.6 is 11.3 Å². The van der Waals surface area contributed by atoms with E-state index in [1.165, 1.54) is 41.7 Å². The molecule has 3 aromatic rings. The van der Waals surface area contributed by atoms with Gasteiger partial charge in [0, 0.05) is 22.5 Å². The molecule has 1 aromatic carbocycles. The van der Waals surface area contributed by atoms with Crippen LogP contribution in [0.25, 0.3) is 10.1 Å². The van der Waals surface area contributed by atoms with E-state index >= 15 is 0 Å². The molecule has 2 heterocycles. The van der Waals surface area contributed by atoms with E-state index in [1.54, 1.807) is 0 Å². The Kier molecular flexibility index (Phi) is 3.41. The number of amides is 1. The van der Waals surface area contributed by atoms with Gasteiger partial charge in [0.2, 0.25) is 0 Å². The van der Waals surface area contributed by atoms with Crippen molar-refractivity contribution in [2.75, 3.05) is 12.4 Å². The van der Waals surface area contributed by atoms with Crippen molar-refractivity contribution in [2.24, 2.45) is 0 Å². The smallest absolute Gasteiger partial charge is 0.350 e. The molecular weight excluding hydrogens is 290 g/mol. The number of ether oxygens (including phenoxy) is 1. The van der Waals surface area contributed by atoms with Crippen LogP contribution in [0.4, 0.5) is 10.5 Å². The molecule has 0 atom stereocenters. The Hall–Kier alpha value is -2.67. The van der Waals surface area contributed by atoms with Crippen LogP contribution in [-0.2, 0) is 4.74 Å². The molecule has 0 radical (unpaired) electrons. The number of nitrogens with one attached hydrogen (secondary N) is 1. The van der Waals surface area contributed by atoms with Gasteiger partial charge in [-0.2, -0.15) is 0 Å². The third-order valence-corrected chi connectivity index (χ3v) is 4.09. The quantitative estimate of drug-likeness (QED) is 0.739. The standard InChI is InChI=1S/C14H11N3O3S/c1-20-13(18)12-11(9-4-2-3-5-10(9)21-12)16-14(19)17-7-6-15-8-17/h2-8H,1H3,(H,16,19). The molecule has 1 amide bonds. The molecule has 0 saturated heterocycles. The molecule has 106 valence electrons. The van der Waals surface area contributed by atoms with E-state index in [1.807, 2.05) is 24.3 Å². The lowest BCUT2D eigenvalue weighted by molar-refractivity contribution is 0.0607. The Morgan fingerprint density at radius 3 is 2.86 bits per heavy atom. The maximum absolute atomic E-state index is 12.1. The summed E-state index contributed by atoms with van der Waals surface area (Å²) >= 11 is 1.28. The van der Waals surface area contributed by atoms with Crippen molar-refractivity contribution in [3.8, 4) is 0 Å². The van der Waals surface area contributed by atoms with Gasteiger partial charge in [0.05, 0.1) is 12.8 Å². The van der Waals surface area contributed by atoms with E-state index in [4.69, 9.17) is 4.74 Å². The highest BCUT2D eigenvalue weighted by molar-refractivity contribution is 7.21. The van der Waals surface area contributed by atoms with Gasteiger partial charge in [0.15, 0.2) is 0 Å². The Balaban J connectivity index is 2.07. The summed E-state index contributed by atoms with van der Waals surface area (Å²) in [6.45, 7) is 0. The van der Waals surface area contributed by atoms with Crippen LogP contribution in [0.2, 0.25) is 0 Å². The number of esters is 1. The summed E-state index contributed by atoms with van der Waals surface area (Å²) in [5.41, 5.74) is 0.459. The van der Waals surface area contributed by atoms with Crippen molar-refractivity contribution in [3.63, 3.8) is 0 Å². The molecular formula is C14H11N3O3S. The molecule has 3 rings (SSSR count). The number of fused-ring (bicyclic) bond motifs is 1. The molecule has 6 nitrogen and oxygen atoms in total. The summed E-state index contributed by atoms with van der Waals surface area (Å²) in [7, 11) is 1.31. The summed E-state index contributed by atoms with van der Waals surface area (Å²) in [5.74, 6) is -0.475. The number of hydrogen-bond acceptors (Lipinski definition) is 5. The van der Waals surface area contributed by atoms with Gasteiger partial charge in [-0.1, -0.05) is 18.2 Å². The third kappa shape index (κ3) is 2.38. The highest BCUT2D eigenvalue weighted by Crippen LogP contribution is 2.36. The number of anilines is 1. The highest BCUT2D eigenvalue weighted by atomic mass is 32.1. The fraction of sp³-hybridized carbons (Fsp3) is 0.0714. The Bertz CT molecular complexity index is 808. The summed E-state index contributed by atoms with van der Waals surface area (Å²) in [6.07, 6.45) is 4.43. The fourth-order valence-electron chi connectivity index (χ4n) is 1.96. The van der Waals surface area contributed by atoms with Gasteiger partial charge in [0.25, 0.3) is 0 Å². The lowest BCUT2D eigenvalue weighted by Gasteiger charge is -2.06. The van der Waals surface area contributed by atoms with E-state index in [2.05, 4.69) is 10.3 Å². The van der Waals surface area contributed by atoms with Crippen LogP contribution in [0, 0.1) is 0 Å². The maximum Gasteiger partial charge on any atom is 0.350 e. The largest absolute Gasteiger partial charge is 0.465 e. The molecule has 21 heavy (non-hydrogen) atoms. The Morgan fingerprint density at radius 1 is 1.33 bits per heavy atom.